The lowest BCUT2D eigenvalue weighted by Gasteiger charge is -2.30. The van der Waals surface area contributed by atoms with Gasteiger partial charge in [-0.25, -0.2) is 4.39 Å². The summed E-state index contributed by atoms with van der Waals surface area (Å²) in [5, 5.41) is 4.31. The van der Waals surface area contributed by atoms with Gasteiger partial charge in [-0.3, -0.25) is 9.88 Å². The number of thiocarbonyl (C=S) groups is 1. The van der Waals surface area contributed by atoms with Crippen LogP contribution in [-0.4, -0.2) is 63.9 Å². The molecule has 0 radical (unpaired) electrons. The Balaban J connectivity index is 1.47. The molecule has 0 saturated carbocycles. The van der Waals surface area contributed by atoms with Crippen LogP contribution in [0.25, 0.3) is 5.69 Å². The van der Waals surface area contributed by atoms with E-state index < -0.39 is 0 Å². The lowest BCUT2D eigenvalue weighted by molar-refractivity contribution is 0.0365. The number of pyridine rings is 1. The molecule has 6 nitrogen and oxygen atoms in total. The normalized spacial score (nSPS) is 20.9. The Hall–Kier alpha value is -2.81. The van der Waals surface area contributed by atoms with Crippen molar-refractivity contribution in [2.24, 2.45) is 0 Å². The summed E-state index contributed by atoms with van der Waals surface area (Å²) < 4.78 is 21.7. The summed E-state index contributed by atoms with van der Waals surface area (Å²) in [4.78, 5) is 9.43. The van der Waals surface area contributed by atoms with Crippen molar-refractivity contribution in [2.75, 3.05) is 39.4 Å². The van der Waals surface area contributed by atoms with Gasteiger partial charge in [0.15, 0.2) is 5.11 Å². The van der Waals surface area contributed by atoms with Gasteiger partial charge >= 0.3 is 0 Å². The second kappa shape index (κ2) is 10.4. The summed E-state index contributed by atoms with van der Waals surface area (Å²) in [7, 11) is 0. The second-order valence-corrected chi connectivity index (χ2v) is 9.66. The molecule has 4 heterocycles. The number of halogens is 1. The van der Waals surface area contributed by atoms with Crippen LogP contribution in [-0.2, 0) is 4.74 Å². The topological polar surface area (TPSA) is 45.6 Å². The summed E-state index contributed by atoms with van der Waals surface area (Å²) >= 11 is 5.85. The molecule has 8 heteroatoms. The minimum Gasteiger partial charge on any atom is -0.379 e. The van der Waals surface area contributed by atoms with Gasteiger partial charge in [0.1, 0.15) is 5.82 Å². The van der Waals surface area contributed by atoms with E-state index in [4.69, 9.17) is 17.0 Å². The minimum absolute atomic E-state index is 0.00408. The number of aromatic nitrogens is 2. The molecule has 0 amide bonds. The number of rotatable bonds is 7. The molecule has 0 bridgehead atoms. The van der Waals surface area contributed by atoms with Gasteiger partial charge in [-0.1, -0.05) is 12.1 Å². The second-order valence-electron chi connectivity index (χ2n) is 9.27. The van der Waals surface area contributed by atoms with Crippen molar-refractivity contribution in [1.29, 1.82) is 0 Å². The van der Waals surface area contributed by atoms with Crippen molar-refractivity contribution >= 4 is 17.3 Å². The van der Waals surface area contributed by atoms with Crippen LogP contribution in [0.2, 0.25) is 0 Å². The number of benzene rings is 1. The highest BCUT2D eigenvalue weighted by atomic mass is 32.1. The van der Waals surface area contributed by atoms with E-state index in [1.54, 1.807) is 12.1 Å². The lowest BCUT2D eigenvalue weighted by Crippen LogP contribution is -2.39. The van der Waals surface area contributed by atoms with Crippen molar-refractivity contribution in [3.63, 3.8) is 0 Å². The van der Waals surface area contributed by atoms with Crippen LogP contribution >= 0.6 is 12.2 Å². The highest BCUT2D eigenvalue weighted by molar-refractivity contribution is 7.80. The standard InChI is InChI=1S/C27H32FN5OS/c1-19-17-23(20(2)33(19)22-8-5-7-21(28)18-22)26-25(24-9-3-4-10-29-24)30-27(35)32(26)12-6-11-31-13-15-34-16-14-31/h3-5,7-10,17-18,25-26H,6,11-16H2,1-2H3,(H,30,35). The minimum atomic E-state index is -0.239. The average molecular weight is 494 g/mol. The summed E-state index contributed by atoms with van der Waals surface area (Å²) in [6.07, 6.45) is 2.84. The highest BCUT2D eigenvalue weighted by Gasteiger charge is 2.41. The molecular weight excluding hydrogens is 461 g/mol. The first-order valence-corrected chi connectivity index (χ1v) is 12.7. The predicted octanol–water partition coefficient (Wildman–Crippen LogP) is 4.32. The molecule has 2 unspecified atom stereocenters. The molecule has 2 atom stereocenters. The zero-order valence-corrected chi connectivity index (χ0v) is 21.1. The zero-order valence-electron chi connectivity index (χ0n) is 20.3. The number of morpholine rings is 1. The van der Waals surface area contributed by atoms with E-state index >= 15 is 0 Å². The van der Waals surface area contributed by atoms with Crippen LogP contribution in [0.15, 0.2) is 54.7 Å². The van der Waals surface area contributed by atoms with E-state index in [-0.39, 0.29) is 17.9 Å². The van der Waals surface area contributed by atoms with Crippen molar-refractivity contribution in [3.8, 4) is 5.69 Å². The van der Waals surface area contributed by atoms with Gasteiger partial charge in [-0.2, -0.15) is 0 Å². The van der Waals surface area contributed by atoms with Gasteiger partial charge in [-0.05, 0) is 74.4 Å². The summed E-state index contributed by atoms with van der Waals surface area (Å²) in [5.74, 6) is -0.239. The fraction of sp³-hybridized carbons (Fsp3) is 0.407. The van der Waals surface area contributed by atoms with Crippen LogP contribution in [0.4, 0.5) is 4.39 Å². The van der Waals surface area contributed by atoms with E-state index in [0.29, 0.717) is 0 Å². The maximum atomic E-state index is 14.0. The van der Waals surface area contributed by atoms with E-state index in [1.807, 2.05) is 24.4 Å². The molecule has 2 fully saturated rings. The van der Waals surface area contributed by atoms with Gasteiger partial charge in [-0.15, -0.1) is 0 Å². The maximum absolute atomic E-state index is 14.0. The molecule has 1 N–H and O–H groups in total. The Kier molecular flexibility index (Phi) is 7.13. The molecule has 2 aliphatic rings. The molecule has 0 aliphatic carbocycles. The number of nitrogens with zero attached hydrogens (tertiary/aromatic N) is 4. The molecule has 2 saturated heterocycles. The molecule has 1 aromatic carbocycles. The van der Waals surface area contributed by atoms with Gasteiger partial charge in [0.2, 0.25) is 0 Å². The van der Waals surface area contributed by atoms with Gasteiger partial charge < -0.3 is 19.5 Å². The van der Waals surface area contributed by atoms with Crippen LogP contribution in [0.1, 0.15) is 41.1 Å². The third-order valence-corrected chi connectivity index (χ3v) is 7.38. The maximum Gasteiger partial charge on any atom is 0.170 e. The van der Waals surface area contributed by atoms with Crippen LogP contribution < -0.4 is 5.32 Å². The molecule has 2 aromatic heterocycles. The van der Waals surface area contributed by atoms with E-state index in [2.05, 4.69) is 50.6 Å². The number of hydrogen-bond acceptors (Lipinski definition) is 4. The van der Waals surface area contributed by atoms with Crippen LogP contribution in [0.3, 0.4) is 0 Å². The number of hydrogen-bond donors (Lipinski definition) is 1. The fourth-order valence-electron chi connectivity index (χ4n) is 5.37. The Morgan fingerprint density at radius 1 is 1.09 bits per heavy atom. The van der Waals surface area contributed by atoms with Crippen LogP contribution in [0.5, 0.6) is 0 Å². The number of aryl methyl sites for hydroxylation is 1. The molecule has 184 valence electrons. The van der Waals surface area contributed by atoms with Crippen molar-refractivity contribution in [1.82, 2.24) is 24.7 Å². The average Bonchev–Trinajstić information content (AvgIpc) is 3.35. The van der Waals surface area contributed by atoms with E-state index in [9.17, 15) is 4.39 Å². The molecule has 0 spiro atoms. The number of nitrogens with one attached hydrogen (secondary N) is 1. The van der Waals surface area contributed by atoms with Crippen molar-refractivity contribution < 1.29 is 9.13 Å². The van der Waals surface area contributed by atoms with Gasteiger partial charge in [0.05, 0.1) is 31.0 Å². The Morgan fingerprint density at radius 3 is 2.66 bits per heavy atom. The predicted molar refractivity (Wildman–Crippen MR) is 139 cm³/mol. The molecule has 35 heavy (non-hydrogen) atoms. The summed E-state index contributed by atoms with van der Waals surface area (Å²) in [6, 6.07) is 14.9. The first-order valence-electron chi connectivity index (χ1n) is 12.3. The quantitative estimate of drug-likeness (QED) is 0.495. The van der Waals surface area contributed by atoms with Crippen molar-refractivity contribution in [2.45, 2.75) is 32.4 Å². The van der Waals surface area contributed by atoms with Gasteiger partial charge in [0, 0.05) is 49.5 Å². The highest BCUT2D eigenvalue weighted by Crippen LogP contribution is 2.41. The zero-order chi connectivity index (χ0) is 24.4. The Labute approximate surface area is 211 Å². The van der Waals surface area contributed by atoms with E-state index in [1.165, 1.54) is 11.6 Å². The SMILES string of the molecule is Cc1cc(C2C(c3ccccn3)NC(=S)N2CCCN2CCOCC2)c(C)n1-c1cccc(F)c1. The van der Waals surface area contributed by atoms with E-state index in [0.717, 1.165) is 73.7 Å². The molecule has 2 aliphatic heterocycles. The smallest absolute Gasteiger partial charge is 0.170 e. The lowest BCUT2D eigenvalue weighted by atomic mass is 9.96. The third-order valence-electron chi connectivity index (χ3n) is 7.03. The molecule has 5 rings (SSSR count). The first-order chi connectivity index (χ1) is 17.0. The first kappa shape index (κ1) is 23.9. The van der Waals surface area contributed by atoms with Gasteiger partial charge in [0.25, 0.3) is 0 Å². The largest absolute Gasteiger partial charge is 0.379 e. The molecular formula is C27H32FN5OS. The Morgan fingerprint density at radius 2 is 1.91 bits per heavy atom. The fourth-order valence-corrected chi connectivity index (χ4v) is 5.71. The van der Waals surface area contributed by atoms with Crippen LogP contribution in [0, 0.1) is 19.7 Å². The van der Waals surface area contributed by atoms with Crippen molar-refractivity contribution in [3.05, 3.63) is 83.2 Å². The third kappa shape index (κ3) is 4.96. The summed E-state index contributed by atoms with van der Waals surface area (Å²) in [5.41, 5.74) is 5.12. The number of ether oxygens (including phenoxy) is 1. The molecule has 3 aromatic rings. The monoisotopic (exact) mass is 493 g/mol. The summed E-state index contributed by atoms with van der Waals surface area (Å²) in [6.45, 7) is 9.62. The Bertz CT molecular complexity index is 1180.